The molecule has 9 heavy (non-hydrogen) atoms. The van der Waals surface area contributed by atoms with Crippen molar-refractivity contribution < 1.29 is 0 Å². The zero-order valence-electron chi connectivity index (χ0n) is 6.65. The Labute approximate surface area is 60.1 Å². The molecule has 0 spiro atoms. The van der Waals surface area contributed by atoms with Gasteiger partial charge in [-0.15, -0.1) is 0 Å². The minimum Gasteiger partial charge on any atom is -0.339 e. The van der Waals surface area contributed by atoms with E-state index in [0.717, 1.165) is 6.42 Å². The van der Waals surface area contributed by atoms with E-state index in [1.807, 2.05) is 0 Å². The van der Waals surface area contributed by atoms with Gasteiger partial charge in [0.05, 0.1) is 9.68 Å². The average Bonchev–Trinajstić information content (AvgIpc) is 1.82. The van der Waals surface area contributed by atoms with Crippen LogP contribution < -0.4 is 10.7 Å². The number of nitrogens with two attached hydrogens (primary N) is 1. The molecule has 3 heteroatoms. The van der Waals surface area contributed by atoms with Crippen LogP contribution in [0, 0.1) is 0 Å². The third-order valence-electron chi connectivity index (χ3n) is 1.54. The third-order valence-corrected chi connectivity index (χ3v) is 2.47. The lowest BCUT2D eigenvalue weighted by Gasteiger charge is -2.19. The molecule has 0 bridgehead atoms. The summed E-state index contributed by atoms with van der Waals surface area (Å²) >= 11 is 0. The van der Waals surface area contributed by atoms with Crippen LogP contribution in [0.5, 0.6) is 0 Å². The van der Waals surface area contributed by atoms with Crippen molar-refractivity contribution in [3.05, 3.63) is 0 Å². The van der Waals surface area contributed by atoms with Crippen molar-refractivity contribution in [3.8, 4) is 0 Å². The SMILES string of the molecule is CCC(N[SiH2]C)C(C)N. The van der Waals surface area contributed by atoms with Gasteiger partial charge in [0.25, 0.3) is 0 Å². The molecule has 0 aromatic rings. The number of rotatable bonds is 4. The molecule has 0 amide bonds. The Kier molecular flexibility index (Phi) is 5.04. The molecule has 0 heterocycles. The van der Waals surface area contributed by atoms with Crippen molar-refractivity contribution in [3.63, 3.8) is 0 Å². The average molecular weight is 146 g/mol. The molecule has 0 radical (unpaired) electrons. The van der Waals surface area contributed by atoms with Gasteiger partial charge in [-0.1, -0.05) is 13.5 Å². The summed E-state index contributed by atoms with van der Waals surface area (Å²) in [5.74, 6) is 0. The zero-order valence-corrected chi connectivity index (χ0v) is 8.06. The van der Waals surface area contributed by atoms with Crippen LogP contribution in [0.15, 0.2) is 0 Å². The first-order chi connectivity index (χ1) is 4.22. The normalized spacial score (nSPS) is 18.7. The molecule has 0 aliphatic rings. The van der Waals surface area contributed by atoms with E-state index in [0.29, 0.717) is 12.1 Å². The predicted molar refractivity (Wildman–Crippen MR) is 45.3 cm³/mol. The van der Waals surface area contributed by atoms with Gasteiger partial charge in [0.1, 0.15) is 0 Å². The fourth-order valence-corrected chi connectivity index (χ4v) is 2.15. The summed E-state index contributed by atoms with van der Waals surface area (Å²) in [6, 6.07) is 0.865. The molecule has 0 aliphatic heterocycles. The molecular weight excluding hydrogens is 128 g/mol. The summed E-state index contributed by atoms with van der Waals surface area (Å²) in [4.78, 5) is 3.45. The standard InChI is InChI=1S/C6H18N2Si/c1-4-6(5(2)7)8-9-3/h5-6,8H,4,7,9H2,1-3H3. The summed E-state index contributed by atoms with van der Waals surface area (Å²) in [5.41, 5.74) is 5.69. The topological polar surface area (TPSA) is 38.0 Å². The van der Waals surface area contributed by atoms with Crippen molar-refractivity contribution >= 4 is 9.68 Å². The highest BCUT2D eigenvalue weighted by molar-refractivity contribution is 6.30. The summed E-state index contributed by atoms with van der Waals surface area (Å²) in [7, 11) is -0.0172. The Hall–Kier alpha value is 0.137. The van der Waals surface area contributed by atoms with E-state index >= 15 is 0 Å². The number of hydrogen-bond donors (Lipinski definition) is 2. The lowest BCUT2D eigenvalue weighted by Crippen LogP contribution is -2.43. The Morgan fingerprint density at radius 3 is 2.33 bits per heavy atom. The summed E-state index contributed by atoms with van der Waals surface area (Å²) in [6.45, 7) is 6.47. The van der Waals surface area contributed by atoms with Gasteiger partial charge in [-0.2, -0.15) is 0 Å². The lowest BCUT2D eigenvalue weighted by molar-refractivity contribution is 0.509. The largest absolute Gasteiger partial charge is 0.339 e. The van der Waals surface area contributed by atoms with Crippen LogP contribution in [-0.4, -0.2) is 21.8 Å². The van der Waals surface area contributed by atoms with Crippen molar-refractivity contribution in [2.24, 2.45) is 5.73 Å². The Morgan fingerprint density at radius 1 is 1.67 bits per heavy atom. The number of nitrogens with one attached hydrogen (secondary N) is 1. The molecule has 0 aliphatic carbocycles. The van der Waals surface area contributed by atoms with Gasteiger partial charge in [0.2, 0.25) is 0 Å². The smallest absolute Gasteiger partial charge is 0.0888 e. The molecule has 56 valence electrons. The first kappa shape index (κ1) is 9.14. The molecular formula is C6H18N2Si. The quantitative estimate of drug-likeness (QED) is 0.541. The van der Waals surface area contributed by atoms with Crippen molar-refractivity contribution in [1.29, 1.82) is 0 Å². The summed E-state index contributed by atoms with van der Waals surface area (Å²) in [6.07, 6.45) is 1.15. The molecule has 0 fully saturated rings. The highest BCUT2D eigenvalue weighted by atomic mass is 28.2. The second kappa shape index (κ2) is 4.96. The zero-order chi connectivity index (χ0) is 7.28. The fraction of sp³-hybridized carbons (Fsp3) is 1.00. The predicted octanol–water partition coefficient (Wildman–Crippen LogP) is -0.166. The first-order valence-electron chi connectivity index (χ1n) is 3.71. The maximum Gasteiger partial charge on any atom is 0.0888 e. The van der Waals surface area contributed by atoms with E-state index in [4.69, 9.17) is 5.73 Å². The molecule has 0 aromatic heterocycles. The van der Waals surface area contributed by atoms with Gasteiger partial charge < -0.3 is 10.7 Å². The second-order valence-corrected chi connectivity index (χ2v) is 3.55. The van der Waals surface area contributed by atoms with E-state index < -0.39 is 0 Å². The third kappa shape index (κ3) is 3.67. The molecule has 3 N–H and O–H groups in total. The van der Waals surface area contributed by atoms with Gasteiger partial charge in [0.15, 0.2) is 0 Å². The summed E-state index contributed by atoms with van der Waals surface area (Å²) in [5, 5.41) is 0. The first-order valence-corrected chi connectivity index (χ1v) is 5.83. The Bertz CT molecular complexity index is 66.1. The molecule has 2 atom stereocenters. The van der Waals surface area contributed by atoms with Gasteiger partial charge in [-0.25, -0.2) is 0 Å². The van der Waals surface area contributed by atoms with E-state index in [1.54, 1.807) is 0 Å². The molecule has 0 rings (SSSR count). The van der Waals surface area contributed by atoms with Gasteiger partial charge in [0, 0.05) is 12.1 Å². The highest BCUT2D eigenvalue weighted by Gasteiger charge is 2.07. The van der Waals surface area contributed by atoms with Crippen molar-refractivity contribution in [1.82, 2.24) is 4.98 Å². The van der Waals surface area contributed by atoms with Crippen LogP contribution in [0.2, 0.25) is 6.55 Å². The van der Waals surface area contributed by atoms with E-state index in [2.05, 4.69) is 25.4 Å². The molecule has 0 aromatic carbocycles. The van der Waals surface area contributed by atoms with Crippen molar-refractivity contribution in [2.75, 3.05) is 0 Å². The van der Waals surface area contributed by atoms with Crippen LogP contribution in [0.25, 0.3) is 0 Å². The minimum absolute atomic E-state index is 0.0172. The van der Waals surface area contributed by atoms with Crippen molar-refractivity contribution in [2.45, 2.75) is 38.9 Å². The number of hydrogen-bond acceptors (Lipinski definition) is 2. The summed E-state index contributed by atoms with van der Waals surface area (Å²) < 4.78 is 0. The second-order valence-electron chi connectivity index (χ2n) is 2.43. The maximum absolute atomic E-state index is 5.69. The van der Waals surface area contributed by atoms with E-state index in [1.165, 1.54) is 0 Å². The Balaban J connectivity index is 3.41. The minimum atomic E-state index is -0.0172. The maximum atomic E-state index is 5.69. The monoisotopic (exact) mass is 146 g/mol. The molecule has 0 saturated heterocycles. The van der Waals surface area contributed by atoms with E-state index in [9.17, 15) is 0 Å². The highest BCUT2D eigenvalue weighted by Crippen LogP contribution is 1.93. The van der Waals surface area contributed by atoms with Crippen LogP contribution in [0.4, 0.5) is 0 Å². The molecule has 0 saturated carbocycles. The molecule has 2 nitrogen and oxygen atoms in total. The van der Waals surface area contributed by atoms with Gasteiger partial charge >= 0.3 is 0 Å². The fourth-order valence-electron chi connectivity index (χ4n) is 0.964. The van der Waals surface area contributed by atoms with Gasteiger partial charge in [-0.05, 0) is 13.3 Å². The van der Waals surface area contributed by atoms with Crippen LogP contribution in [-0.2, 0) is 0 Å². The Morgan fingerprint density at radius 2 is 2.22 bits per heavy atom. The van der Waals surface area contributed by atoms with Gasteiger partial charge in [-0.3, -0.25) is 0 Å². The van der Waals surface area contributed by atoms with Crippen LogP contribution >= 0.6 is 0 Å². The van der Waals surface area contributed by atoms with Crippen LogP contribution in [0.3, 0.4) is 0 Å². The molecule has 2 unspecified atom stereocenters. The van der Waals surface area contributed by atoms with E-state index in [-0.39, 0.29) is 9.68 Å². The lowest BCUT2D eigenvalue weighted by atomic mass is 10.1. The van der Waals surface area contributed by atoms with Crippen LogP contribution in [0.1, 0.15) is 20.3 Å².